The molecule has 0 amide bonds. The lowest BCUT2D eigenvalue weighted by Crippen LogP contribution is -2.08. The molecule has 6 nitrogen and oxygen atoms in total. The van der Waals surface area contributed by atoms with Crippen LogP contribution in [0.15, 0.2) is 4.60 Å². The summed E-state index contributed by atoms with van der Waals surface area (Å²) in [5.41, 5.74) is 0.00491. The van der Waals surface area contributed by atoms with E-state index in [4.69, 9.17) is 0 Å². The number of aryl methyl sites for hydroxylation is 1. The number of anilines is 1. The summed E-state index contributed by atoms with van der Waals surface area (Å²) in [6.07, 6.45) is 0.879. The van der Waals surface area contributed by atoms with E-state index < -0.39 is 4.92 Å². The smallest absolute Gasteiger partial charge is 0.345 e. The van der Waals surface area contributed by atoms with Gasteiger partial charge in [-0.1, -0.05) is 6.92 Å². The molecule has 0 aliphatic heterocycles. The van der Waals surface area contributed by atoms with E-state index in [0.29, 0.717) is 18.9 Å². The third kappa shape index (κ3) is 2.47. The molecule has 1 rings (SSSR count). The lowest BCUT2D eigenvalue weighted by atomic mass is 10.4. The number of rotatable bonds is 5. The molecule has 7 heteroatoms. The maximum Gasteiger partial charge on any atom is 0.345 e. The lowest BCUT2D eigenvalue weighted by molar-refractivity contribution is -0.384. The average molecular weight is 277 g/mol. The lowest BCUT2D eigenvalue weighted by Gasteiger charge is -2.05. The van der Waals surface area contributed by atoms with Gasteiger partial charge in [-0.05, 0) is 29.3 Å². The summed E-state index contributed by atoms with van der Waals surface area (Å²) in [5.74, 6) is 0.469. The van der Waals surface area contributed by atoms with Crippen LogP contribution in [0.4, 0.5) is 11.5 Å². The SMILES string of the molecule is CCCn1nc(Br)c([N+](=O)[O-])c1NCC. The van der Waals surface area contributed by atoms with Gasteiger partial charge in [0.05, 0.1) is 4.92 Å². The minimum Gasteiger partial charge on any atom is -0.365 e. The van der Waals surface area contributed by atoms with E-state index in [-0.39, 0.29) is 10.3 Å². The number of hydrogen-bond acceptors (Lipinski definition) is 4. The van der Waals surface area contributed by atoms with Crippen molar-refractivity contribution in [3.8, 4) is 0 Å². The molecule has 0 unspecified atom stereocenters. The standard InChI is InChI=1S/C8H13BrN4O2/c1-3-5-12-8(10-4-2)6(13(14)15)7(9)11-12/h10H,3-5H2,1-2H3. The maximum atomic E-state index is 10.8. The fourth-order valence-electron chi connectivity index (χ4n) is 1.30. The summed E-state index contributed by atoms with van der Waals surface area (Å²) in [5, 5.41) is 17.8. The summed E-state index contributed by atoms with van der Waals surface area (Å²) in [6.45, 7) is 5.18. The van der Waals surface area contributed by atoms with Crippen LogP contribution in [-0.4, -0.2) is 21.2 Å². The third-order valence-corrected chi connectivity index (χ3v) is 2.38. The van der Waals surface area contributed by atoms with Gasteiger partial charge in [0.2, 0.25) is 10.4 Å². The molecule has 84 valence electrons. The van der Waals surface area contributed by atoms with Crippen LogP contribution >= 0.6 is 15.9 Å². The summed E-state index contributed by atoms with van der Waals surface area (Å²) >= 11 is 3.09. The molecular weight excluding hydrogens is 264 g/mol. The van der Waals surface area contributed by atoms with Crippen LogP contribution in [0, 0.1) is 10.1 Å². The van der Waals surface area contributed by atoms with Crippen LogP contribution in [0.3, 0.4) is 0 Å². The molecule has 0 bridgehead atoms. The van der Waals surface area contributed by atoms with Crippen molar-refractivity contribution in [2.45, 2.75) is 26.8 Å². The molecule has 0 aliphatic rings. The van der Waals surface area contributed by atoms with Crippen molar-refractivity contribution >= 4 is 27.4 Å². The monoisotopic (exact) mass is 276 g/mol. The molecule has 0 saturated carbocycles. The van der Waals surface area contributed by atoms with Gasteiger partial charge in [-0.25, -0.2) is 4.68 Å². The zero-order valence-electron chi connectivity index (χ0n) is 8.66. The Morgan fingerprint density at radius 1 is 1.60 bits per heavy atom. The molecule has 1 heterocycles. The summed E-state index contributed by atoms with van der Waals surface area (Å²) in [6, 6.07) is 0. The van der Waals surface area contributed by atoms with Crippen molar-refractivity contribution in [2.24, 2.45) is 0 Å². The zero-order valence-corrected chi connectivity index (χ0v) is 10.2. The van der Waals surface area contributed by atoms with E-state index in [2.05, 4.69) is 26.3 Å². The quantitative estimate of drug-likeness (QED) is 0.662. The molecule has 1 aromatic rings. The molecule has 0 spiro atoms. The molecule has 0 saturated heterocycles. The second kappa shape index (κ2) is 5.11. The Hall–Kier alpha value is -1.11. The van der Waals surface area contributed by atoms with Gasteiger partial charge < -0.3 is 5.32 Å². The Labute approximate surface area is 95.9 Å². The number of aromatic nitrogens is 2. The summed E-state index contributed by atoms with van der Waals surface area (Å²) in [7, 11) is 0. The Kier molecular flexibility index (Phi) is 4.07. The van der Waals surface area contributed by atoms with Gasteiger partial charge in [-0.3, -0.25) is 10.1 Å². The van der Waals surface area contributed by atoms with E-state index in [1.165, 1.54) is 0 Å². The fraction of sp³-hybridized carbons (Fsp3) is 0.625. The average Bonchev–Trinajstić information content (AvgIpc) is 2.44. The number of hydrogen-bond donors (Lipinski definition) is 1. The van der Waals surface area contributed by atoms with Crippen LogP contribution < -0.4 is 5.32 Å². The molecule has 0 aromatic carbocycles. The molecular formula is C8H13BrN4O2. The highest BCUT2D eigenvalue weighted by atomic mass is 79.9. The molecule has 1 aromatic heterocycles. The largest absolute Gasteiger partial charge is 0.365 e. The van der Waals surface area contributed by atoms with Gasteiger partial charge in [0.25, 0.3) is 0 Å². The molecule has 0 radical (unpaired) electrons. The Bertz CT molecular complexity index is 364. The fourth-order valence-corrected chi connectivity index (χ4v) is 1.83. The first-order valence-electron chi connectivity index (χ1n) is 4.76. The van der Waals surface area contributed by atoms with Crippen LogP contribution in [0.2, 0.25) is 0 Å². The van der Waals surface area contributed by atoms with E-state index in [1.807, 2.05) is 13.8 Å². The Balaban J connectivity index is 3.17. The highest BCUT2D eigenvalue weighted by molar-refractivity contribution is 9.10. The Morgan fingerprint density at radius 3 is 2.73 bits per heavy atom. The van der Waals surface area contributed by atoms with Crippen molar-refractivity contribution in [1.82, 2.24) is 9.78 Å². The molecule has 0 aliphatic carbocycles. The van der Waals surface area contributed by atoms with Crippen molar-refractivity contribution in [3.05, 3.63) is 14.7 Å². The predicted octanol–water partition coefficient (Wildman–Crippen LogP) is 2.40. The van der Waals surface area contributed by atoms with Crippen molar-refractivity contribution < 1.29 is 4.92 Å². The molecule has 1 N–H and O–H groups in total. The van der Waals surface area contributed by atoms with E-state index in [1.54, 1.807) is 4.68 Å². The maximum absolute atomic E-state index is 10.8. The first-order chi connectivity index (χ1) is 7.11. The normalized spacial score (nSPS) is 10.3. The van der Waals surface area contributed by atoms with Crippen molar-refractivity contribution in [3.63, 3.8) is 0 Å². The van der Waals surface area contributed by atoms with E-state index in [9.17, 15) is 10.1 Å². The van der Waals surface area contributed by atoms with Crippen molar-refractivity contribution in [1.29, 1.82) is 0 Å². The summed E-state index contributed by atoms with van der Waals surface area (Å²) < 4.78 is 1.89. The highest BCUT2D eigenvalue weighted by Crippen LogP contribution is 2.32. The minimum absolute atomic E-state index is 0.00491. The Morgan fingerprint density at radius 2 is 2.27 bits per heavy atom. The predicted molar refractivity (Wildman–Crippen MR) is 61.0 cm³/mol. The number of nitrogens with zero attached hydrogens (tertiary/aromatic N) is 3. The van der Waals surface area contributed by atoms with Gasteiger partial charge >= 0.3 is 5.69 Å². The second-order valence-electron chi connectivity index (χ2n) is 3.00. The molecule has 15 heavy (non-hydrogen) atoms. The minimum atomic E-state index is -0.429. The number of nitrogens with one attached hydrogen (secondary N) is 1. The second-order valence-corrected chi connectivity index (χ2v) is 3.75. The van der Waals surface area contributed by atoms with Gasteiger partial charge in [-0.2, -0.15) is 5.10 Å². The molecule has 0 fully saturated rings. The van der Waals surface area contributed by atoms with E-state index in [0.717, 1.165) is 6.42 Å². The van der Waals surface area contributed by atoms with Gasteiger partial charge in [0.15, 0.2) is 0 Å². The third-order valence-electron chi connectivity index (χ3n) is 1.85. The van der Waals surface area contributed by atoms with Gasteiger partial charge in [0, 0.05) is 13.1 Å². The van der Waals surface area contributed by atoms with Crippen LogP contribution in [0.25, 0.3) is 0 Å². The van der Waals surface area contributed by atoms with E-state index >= 15 is 0 Å². The summed E-state index contributed by atoms with van der Waals surface area (Å²) in [4.78, 5) is 10.4. The topological polar surface area (TPSA) is 73.0 Å². The van der Waals surface area contributed by atoms with Crippen LogP contribution in [-0.2, 0) is 6.54 Å². The number of halogens is 1. The molecule has 0 atom stereocenters. The van der Waals surface area contributed by atoms with Gasteiger partial charge in [0.1, 0.15) is 0 Å². The highest BCUT2D eigenvalue weighted by Gasteiger charge is 2.25. The van der Waals surface area contributed by atoms with Crippen LogP contribution in [0.5, 0.6) is 0 Å². The first kappa shape index (κ1) is 12.0. The van der Waals surface area contributed by atoms with Crippen LogP contribution in [0.1, 0.15) is 20.3 Å². The first-order valence-corrected chi connectivity index (χ1v) is 5.55. The number of nitro groups is 1. The zero-order chi connectivity index (χ0) is 11.4. The van der Waals surface area contributed by atoms with Gasteiger partial charge in [-0.15, -0.1) is 0 Å². The van der Waals surface area contributed by atoms with Crippen molar-refractivity contribution in [2.75, 3.05) is 11.9 Å².